The first kappa shape index (κ1) is 17.6. The maximum absolute atomic E-state index is 12.3. The Kier molecular flexibility index (Phi) is 5.09. The van der Waals surface area contributed by atoms with Crippen molar-refractivity contribution in [3.63, 3.8) is 0 Å². The second kappa shape index (κ2) is 7.79. The zero-order valence-corrected chi connectivity index (χ0v) is 13.9. The van der Waals surface area contributed by atoms with E-state index >= 15 is 0 Å². The summed E-state index contributed by atoms with van der Waals surface area (Å²) in [6, 6.07) is 16.1. The molecule has 27 heavy (non-hydrogen) atoms. The highest BCUT2D eigenvalue weighted by atomic mass is 16.6. The molecule has 0 aliphatic rings. The molecule has 1 N–H and O–H groups in total. The van der Waals surface area contributed by atoms with Gasteiger partial charge in [-0.1, -0.05) is 18.2 Å². The molecular formula is C18H13N5O4. The van der Waals surface area contributed by atoms with Crippen molar-refractivity contribution in [3.05, 3.63) is 82.2 Å². The fourth-order valence-corrected chi connectivity index (χ4v) is 2.25. The van der Waals surface area contributed by atoms with Crippen LogP contribution in [0.1, 0.15) is 16.1 Å². The number of amides is 1. The number of benzene rings is 2. The lowest BCUT2D eigenvalue weighted by atomic mass is 10.1. The molecule has 0 fully saturated rings. The molecule has 0 unspecified atom stereocenters. The van der Waals surface area contributed by atoms with Gasteiger partial charge in [-0.15, -0.1) is 0 Å². The zero-order valence-electron chi connectivity index (χ0n) is 13.9. The minimum atomic E-state index is -0.610. The number of hydrogen-bond acceptors (Lipinski definition) is 6. The number of hydrogen-bond donors (Lipinski definition) is 1. The van der Waals surface area contributed by atoms with Gasteiger partial charge in [0.1, 0.15) is 11.8 Å². The van der Waals surface area contributed by atoms with E-state index in [0.29, 0.717) is 5.75 Å². The predicted molar refractivity (Wildman–Crippen MR) is 95.1 cm³/mol. The van der Waals surface area contributed by atoms with Crippen LogP contribution in [-0.2, 0) is 6.73 Å². The summed E-state index contributed by atoms with van der Waals surface area (Å²) in [7, 11) is 0. The number of non-ortho nitro benzene ring substituents is 1. The number of nitrogens with zero attached hydrogens (tertiary/aromatic N) is 4. The predicted octanol–water partition coefficient (Wildman–Crippen LogP) is 2.95. The topological polar surface area (TPSA) is 123 Å². The molecule has 0 atom stereocenters. The molecule has 0 radical (unpaired) electrons. The van der Waals surface area contributed by atoms with Crippen LogP contribution in [-0.4, -0.2) is 20.6 Å². The Hall–Kier alpha value is -4.19. The normalized spacial score (nSPS) is 10.0. The molecule has 0 saturated carbocycles. The van der Waals surface area contributed by atoms with Crippen LogP contribution in [0.3, 0.4) is 0 Å². The van der Waals surface area contributed by atoms with Gasteiger partial charge in [0.15, 0.2) is 12.4 Å². The lowest BCUT2D eigenvalue weighted by Gasteiger charge is -2.06. The highest BCUT2D eigenvalue weighted by Gasteiger charge is 2.15. The van der Waals surface area contributed by atoms with Gasteiger partial charge in [0.25, 0.3) is 11.6 Å². The molecule has 0 spiro atoms. The van der Waals surface area contributed by atoms with Gasteiger partial charge in [-0.3, -0.25) is 14.9 Å². The van der Waals surface area contributed by atoms with Crippen molar-refractivity contribution >= 4 is 17.3 Å². The molecule has 9 heteroatoms. The summed E-state index contributed by atoms with van der Waals surface area (Å²) in [5.41, 5.74) is 0.0494. The molecule has 0 bridgehead atoms. The summed E-state index contributed by atoms with van der Waals surface area (Å²) in [6.45, 7) is 0.123. The highest BCUT2D eigenvalue weighted by Crippen LogP contribution is 2.22. The Morgan fingerprint density at radius 2 is 2.04 bits per heavy atom. The van der Waals surface area contributed by atoms with Crippen LogP contribution in [0.25, 0.3) is 0 Å². The number of carbonyl (C=O) groups is 1. The molecular weight excluding hydrogens is 350 g/mol. The minimum Gasteiger partial charge on any atom is -0.471 e. The monoisotopic (exact) mass is 363 g/mol. The van der Waals surface area contributed by atoms with E-state index in [0.717, 1.165) is 6.07 Å². The second-order valence-corrected chi connectivity index (χ2v) is 5.38. The van der Waals surface area contributed by atoms with Crippen molar-refractivity contribution in [1.29, 1.82) is 5.26 Å². The molecule has 3 aromatic rings. The Morgan fingerprint density at radius 1 is 1.26 bits per heavy atom. The number of nitrogens with one attached hydrogen (secondary N) is 1. The SMILES string of the molecule is N#Cc1cc([N+](=O)[O-])ccc1NC(=O)c1ccn(COc2ccccc2)n1. The Balaban J connectivity index is 1.68. The van der Waals surface area contributed by atoms with E-state index in [1.165, 1.54) is 22.9 Å². The first-order valence-electron chi connectivity index (χ1n) is 7.78. The Bertz CT molecular complexity index is 1020. The quantitative estimate of drug-likeness (QED) is 0.530. The van der Waals surface area contributed by atoms with Crippen LogP contribution in [0.5, 0.6) is 5.75 Å². The van der Waals surface area contributed by atoms with Gasteiger partial charge in [-0.25, -0.2) is 4.68 Å². The third-order valence-corrected chi connectivity index (χ3v) is 3.56. The van der Waals surface area contributed by atoms with Crippen molar-refractivity contribution in [1.82, 2.24) is 9.78 Å². The van der Waals surface area contributed by atoms with E-state index in [1.807, 2.05) is 24.3 Å². The first-order valence-corrected chi connectivity index (χ1v) is 7.78. The van der Waals surface area contributed by atoms with Crippen molar-refractivity contribution in [2.24, 2.45) is 0 Å². The number of aromatic nitrogens is 2. The number of anilines is 1. The van der Waals surface area contributed by atoms with E-state index in [9.17, 15) is 14.9 Å². The molecule has 0 aliphatic carbocycles. The average Bonchev–Trinajstić information content (AvgIpc) is 3.16. The van der Waals surface area contributed by atoms with Crippen LogP contribution >= 0.6 is 0 Å². The standard InChI is InChI=1S/C18H13N5O4/c19-11-13-10-14(23(25)26)6-7-16(13)20-18(24)17-8-9-22(21-17)12-27-15-4-2-1-3-5-15/h1-10H,12H2,(H,20,24). The summed E-state index contributed by atoms with van der Waals surface area (Å²) in [5.74, 6) is 0.127. The van der Waals surface area contributed by atoms with Crippen LogP contribution in [0.2, 0.25) is 0 Å². The second-order valence-electron chi connectivity index (χ2n) is 5.38. The Morgan fingerprint density at radius 3 is 2.74 bits per heavy atom. The summed E-state index contributed by atoms with van der Waals surface area (Å²) >= 11 is 0. The van der Waals surface area contributed by atoms with Gasteiger partial charge in [0, 0.05) is 18.3 Å². The molecule has 1 heterocycles. The summed E-state index contributed by atoms with van der Waals surface area (Å²) in [4.78, 5) is 22.5. The van der Waals surface area contributed by atoms with Gasteiger partial charge in [-0.2, -0.15) is 10.4 Å². The van der Waals surface area contributed by atoms with Crippen molar-refractivity contribution < 1.29 is 14.5 Å². The van der Waals surface area contributed by atoms with E-state index in [4.69, 9.17) is 10.00 Å². The molecule has 3 rings (SSSR count). The number of ether oxygens (including phenoxy) is 1. The maximum Gasteiger partial charge on any atom is 0.276 e. The van der Waals surface area contributed by atoms with Gasteiger partial charge >= 0.3 is 0 Å². The zero-order chi connectivity index (χ0) is 19.2. The molecule has 9 nitrogen and oxygen atoms in total. The number of rotatable bonds is 6. The number of carbonyl (C=O) groups excluding carboxylic acids is 1. The molecule has 134 valence electrons. The smallest absolute Gasteiger partial charge is 0.276 e. The van der Waals surface area contributed by atoms with Gasteiger partial charge in [-0.05, 0) is 24.3 Å². The lowest BCUT2D eigenvalue weighted by molar-refractivity contribution is -0.384. The number of nitriles is 1. The largest absolute Gasteiger partial charge is 0.471 e. The molecule has 0 aliphatic heterocycles. The van der Waals surface area contributed by atoms with E-state index in [-0.39, 0.29) is 29.4 Å². The van der Waals surface area contributed by atoms with Gasteiger partial charge in [0.2, 0.25) is 0 Å². The van der Waals surface area contributed by atoms with Crippen molar-refractivity contribution in [2.75, 3.05) is 5.32 Å². The summed E-state index contributed by atoms with van der Waals surface area (Å²) in [6.07, 6.45) is 1.58. The minimum absolute atomic E-state index is 0.00982. The fourth-order valence-electron chi connectivity index (χ4n) is 2.25. The molecule has 1 amide bonds. The van der Waals surface area contributed by atoms with Crippen LogP contribution in [0, 0.1) is 21.4 Å². The maximum atomic E-state index is 12.3. The van der Waals surface area contributed by atoms with Gasteiger partial charge < -0.3 is 10.1 Å². The number of para-hydroxylation sites is 1. The van der Waals surface area contributed by atoms with Gasteiger partial charge in [0.05, 0.1) is 16.2 Å². The molecule has 2 aromatic carbocycles. The van der Waals surface area contributed by atoms with Crippen molar-refractivity contribution in [3.8, 4) is 11.8 Å². The van der Waals surface area contributed by atoms with E-state index < -0.39 is 10.8 Å². The average molecular weight is 363 g/mol. The first-order chi connectivity index (χ1) is 13.1. The Labute approximate surface area is 153 Å². The summed E-state index contributed by atoms with van der Waals surface area (Å²) in [5, 5.41) is 26.5. The lowest BCUT2D eigenvalue weighted by Crippen LogP contribution is -2.15. The van der Waals surface area contributed by atoms with Crippen LogP contribution < -0.4 is 10.1 Å². The van der Waals surface area contributed by atoms with Crippen LogP contribution in [0.15, 0.2) is 60.8 Å². The van der Waals surface area contributed by atoms with Crippen molar-refractivity contribution in [2.45, 2.75) is 6.73 Å². The summed E-state index contributed by atoms with van der Waals surface area (Å²) < 4.78 is 6.98. The third kappa shape index (κ3) is 4.26. The van der Waals surface area contributed by atoms with E-state index in [2.05, 4.69) is 10.4 Å². The highest BCUT2D eigenvalue weighted by molar-refractivity contribution is 6.03. The third-order valence-electron chi connectivity index (χ3n) is 3.56. The number of nitro benzene ring substituents is 1. The molecule has 0 saturated heterocycles. The van der Waals surface area contributed by atoms with E-state index in [1.54, 1.807) is 18.3 Å². The number of nitro groups is 1. The molecule has 1 aromatic heterocycles. The fraction of sp³-hybridized carbons (Fsp3) is 0.0556. The van der Waals surface area contributed by atoms with Crippen LogP contribution in [0.4, 0.5) is 11.4 Å².